The van der Waals surface area contributed by atoms with E-state index >= 15 is 0 Å². The van der Waals surface area contributed by atoms with E-state index in [4.69, 9.17) is 4.98 Å². The zero-order valence-corrected chi connectivity index (χ0v) is 28.8. The molecule has 0 saturated heterocycles. The van der Waals surface area contributed by atoms with Gasteiger partial charge >= 0.3 is 0 Å². The summed E-state index contributed by atoms with van der Waals surface area (Å²) in [6, 6.07) is 65.0. The molecule has 4 heteroatoms. The molecule has 2 heterocycles. The van der Waals surface area contributed by atoms with E-state index in [1.807, 2.05) is 12.3 Å². The van der Waals surface area contributed by atoms with Crippen LogP contribution in [0, 0.1) is 0 Å². The van der Waals surface area contributed by atoms with E-state index in [-0.39, 0.29) is 0 Å². The molecule has 0 aliphatic rings. The fourth-order valence-corrected chi connectivity index (χ4v) is 7.71. The third kappa shape index (κ3) is 5.36. The molecule has 0 fully saturated rings. The standard InChI is InChI=1S/C49H32N4/c1-4-12-33(13-5-1)34-20-22-38(23-21-34)49-52-48-45(31-50-32-51-48)53(49)40-27-24-35(25-28-40)39-26-29-43-44(30-39)47(37-16-8-3-9-17-37)42-19-11-10-18-41(42)46(43)36-14-6-2-7-15-36/h1-32H. The summed E-state index contributed by atoms with van der Waals surface area (Å²) >= 11 is 0. The molecule has 2 aromatic heterocycles. The van der Waals surface area contributed by atoms with Gasteiger partial charge in [0.15, 0.2) is 5.65 Å². The molecule has 10 aromatic rings. The number of rotatable bonds is 6. The molecule has 0 unspecified atom stereocenters. The van der Waals surface area contributed by atoms with E-state index in [1.54, 1.807) is 6.33 Å². The first-order valence-electron chi connectivity index (χ1n) is 17.8. The monoisotopic (exact) mass is 676 g/mol. The highest BCUT2D eigenvalue weighted by atomic mass is 15.1. The van der Waals surface area contributed by atoms with Gasteiger partial charge in [0.05, 0.1) is 6.20 Å². The SMILES string of the molecule is c1ccc(-c2ccc(-c3nc4ncncc4n3-c3ccc(-c4ccc5c(-c6ccccc6)c6ccccc6c(-c6ccccc6)c5c4)cc3)cc2)cc1. The molecule has 0 radical (unpaired) electrons. The summed E-state index contributed by atoms with van der Waals surface area (Å²) < 4.78 is 2.16. The molecule has 0 N–H and O–H groups in total. The summed E-state index contributed by atoms with van der Waals surface area (Å²) in [5.74, 6) is 0.825. The number of benzene rings is 8. The van der Waals surface area contributed by atoms with Gasteiger partial charge in [-0.25, -0.2) is 15.0 Å². The second-order valence-electron chi connectivity index (χ2n) is 13.3. The average Bonchev–Trinajstić information content (AvgIpc) is 3.63. The molecule has 0 bridgehead atoms. The summed E-state index contributed by atoms with van der Waals surface area (Å²) in [6.07, 6.45) is 3.40. The lowest BCUT2D eigenvalue weighted by Crippen LogP contribution is -1.98. The summed E-state index contributed by atoms with van der Waals surface area (Å²) in [5.41, 5.74) is 13.1. The van der Waals surface area contributed by atoms with E-state index < -0.39 is 0 Å². The highest BCUT2D eigenvalue weighted by molar-refractivity contribution is 6.22. The smallest absolute Gasteiger partial charge is 0.181 e. The van der Waals surface area contributed by atoms with Crippen LogP contribution in [-0.2, 0) is 0 Å². The van der Waals surface area contributed by atoms with Gasteiger partial charge in [-0.1, -0.05) is 164 Å². The third-order valence-corrected chi connectivity index (χ3v) is 10.2. The maximum atomic E-state index is 4.98. The largest absolute Gasteiger partial charge is 0.289 e. The Hall–Kier alpha value is -7.17. The Bertz CT molecular complexity index is 2900. The Balaban J connectivity index is 1.11. The fraction of sp³-hybridized carbons (Fsp3) is 0. The van der Waals surface area contributed by atoms with E-state index in [9.17, 15) is 0 Å². The first-order chi connectivity index (χ1) is 26.3. The van der Waals surface area contributed by atoms with Crippen molar-refractivity contribution >= 4 is 32.7 Å². The Labute approximate surface area is 307 Å². The van der Waals surface area contributed by atoms with Crippen molar-refractivity contribution in [3.63, 3.8) is 0 Å². The van der Waals surface area contributed by atoms with Crippen LogP contribution in [0.25, 0.3) is 94.3 Å². The van der Waals surface area contributed by atoms with Crippen LogP contribution in [0.15, 0.2) is 195 Å². The molecule has 53 heavy (non-hydrogen) atoms. The second kappa shape index (κ2) is 12.9. The van der Waals surface area contributed by atoms with Crippen LogP contribution in [0.1, 0.15) is 0 Å². The van der Waals surface area contributed by atoms with Gasteiger partial charge in [0, 0.05) is 11.3 Å². The first-order valence-corrected chi connectivity index (χ1v) is 17.8. The number of aromatic nitrogens is 4. The molecular formula is C49H32N4. The third-order valence-electron chi connectivity index (χ3n) is 10.2. The van der Waals surface area contributed by atoms with Crippen LogP contribution in [0.2, 0.25) is 0 Å². The van der Waals surface area contributed by atoms with Gasteiger partial charge in [0.2, 0.25) is 0 Å². The minimum atomic E-state index is 0.663. The van der Waals surface area contributed by atoms with Crippen molar-refractivity contribution in [3.05, 3.63) is 195 Å². The molecule has 0 aliphatic heterocycles. The molecule has 0 spiro atoms. The van der Waals surface area contributed by atoms with Gasteiger partial charge in [-0.3, -0.25) is 4.57 Å². The van der Waals surface area contributed by atoms with Crippen molar-refractivity contribution in [3.8, 4) is 61.6 Å². The minimum absolute atomic E-state index is 0.663. The Morgan fingerprint density at radius 3 is 1.49 bits per heavy atom. The lowest BCUT2D eigenvalue weighted by molar-refractivity contribution is 1.10. The van der Waals surface area contributed by atoms with Gasteiger partial charge in [0.25, 0.3) is 0 Å². The molecule has 0 aliphatic carbocycles. The topological polar surface area (TPSA) is 43.6 Å². The normalized spacial score (nSPS) is 11.4. The van der Waals surface area contributed by atoms with Gasteiger partial charge in [-0.2, -0.15) is 0 Å². The predicted octanol–water partition coefficient (Wildman–Crippen LogP) is 12.5. The number of hydrogen-bond acceptors (Lipinski definition) is 3. The first kappa shape index (κ1) is 30.6. The maximum Gasteiger partial charge on any atom is 0.181 e. The van der Waals surface area contributed by atoms with Gasteiger partial charge in [-0.15, -0.1) is 0 Å². The van der Waals surface area contributed by atoms with Crippen molar-refractivity contribution in [1.82, 2.24) is 19.5 Å². The summed E-state index contributed by atoms with van der Waals surface area (Å²) in [6.45, 7) is 0. The van der Waals surface area contributed by atoms with Crippen molar-refractivity contribution in [1.29, 1.82) is 0 Å². The van der Waals surface area contributed by atoms with Gasteiger partial charge in [0.1, 0.15) is 17.7 Å². The number of imidazole rings is 1. The number of fused-ring (bicyclic) bond motifs is 3. The van der Waals surface area contributed by atoms with Crippen LogP contribution in [0.4, 0.5) is 0 Å². The van der Waals surface area contributed by atoms with Crippen LogP contribution in [-0.4, -0.2) is 19.5 Å². The van der Waals surface area contributed by atoms with Crippen LogP contribution in [0.3, 0.4) is 0 Å². The Morgan fingerprint density at radius 1 is 0.377 bits per heavy atom. The second-order valence-corrected chi connectivity index (χ2v) is 13.3. The zero-order valence-electron chi connectivity index (χ0n) is 28.8. The molecular weight excluding hydrogens is 645 g/mol. The zero-order chi connectivity index (χ0) is 35.1. The van der Waals surface area contributed by atoms with Crippen molar-refractivity contribution in [2.75, 3.05) is 0 Å². The number of hydrogen-bond donors (Lipinski definition) is 0. The van der Waals surface area contributed by atoms with Crippen molar-refractivity contribution in [2.24, 2.45) is 0 Å². The molecule has 0 atom stereocenters. The maximum absolute atomic E-state index is 4.98. The Kier molecular flexibility index (Phi) is 7.43. The van der Waals surface area contributed by atoms with Crippen molar-refractivity contribution in [2.45, 2.75) is 0 Å². The molecule has 4 nitrogen and oxygen atoms in total. The molecule has 0 saturated carbocycles. The quantitative estimate of drug-likeness (QED) is 0.165. The van der Waals surface area contributed by atoms with E-state index in [0.29, 0.717) is 5.65 Å². The van der Waals surface area contributed by atoms with Gasteiger partial charge in [-0.05, 0) is 84.3 Å². The van der Waals surface area contributed by atoms with Crippen LogP contribution < -0.4 is 0 Å². The lowest BCUT2D eigenvalue weighted by Gasteiger charge is -2.19. The van der Waals surface area contributed by atoms with Gasteiger partial charge < -0.3 is 0 Å². The van der Waals surface area contributed by atoms with E-state index in [1.165, 1.54) is 49.4 Å². The summed E-state index contributed by atoms with van der Waals surface area (Å²) in [5, 5.41) is 4.97. The predicted molar refractivity (Wildman–Crippen MR) is 219 cm³/mol. The average molecular weight is 677 g/mol. The Morgan fingerprint density at radius 2 is 0.849 bits per heavy atom. The lowest BCUT2D eigenvalue weighted by atomic mass is 9.85. The van der Waals surface area contributed by atoms with Crippen LogP contribution in [0.5, 0.6) is 0 Å². The summed E-state index contributed by atoms with van der Waals surface area (Å²) in [7, 11) is 0. The van der Waals surface area contributed by atoms with Crippen LogP contribution >= 0.6 is 0 Å². The molecule has 0 amide bonds. The fourth-order valence-electron chi connectivity index (χ4n) is 7.71. The highest BCUT2D eigenvalue weighted by Crippen LogP contribution is 2.45. The van der Waals surface area contributed by atoms with Crippen molar-refractivity contribution < 1.29 is 0 Å². The summed E-state index contributed by atoms with van der Waals surface area (Å²) in [4.78, 5) is 13.9. The number of nitrogens with zero attached hydrogens (tertiary/aromatic N) is 4. The minimum Gasteiger partial charge on any atom is -0.289 e. The molecule has 10 rings (SSSR count). The molecule has 248 valence electrons. The van der Waals surface area contributed by atoms with E-state index in [0.717, 1.165) is 39.3 Å². The van der Waals surface area contributed by atoms with E-state index in [2.05, 4.69) is 190 Å². The molecule has 8 aromatic carbocycles. The highest BCUT2D eigenvalue weighted by Gasteiger charge is 2.19.